The highest BCUT2D eigenvalue weighted by Gasteiger charge is 2.22. The fraction of sp³-hybridized carbons (Fsp3) is 0.444. The molecule has 0 radical (unpaired) electrons. The summed E-state index contributed by atoms with van der Waals surface area (Å²) < 4.78 is 5.03. The van der Waals surface area contributed by atoms with Gasteiger partial charge in [-0.3, -0.25) is 19.3 Å². The van der Waals surface area contributed by atoms with Gasteiger partial charge < -0.3 is 10.5 Å². The Morgan fingerprint density at radius 3 is 2.40 bits per heavy atom. The highest BCUT2D eigenvalue weighted by atomic mass is 16.5. The molecule has 0 spiro atoms. The number of carbonyl (C=O) groups excluding carboxylic acids is 3. The van der Waals surface area contributed by atoms with Crippen LogP contribution in [0.4, 0.5) is 0 Å². The Labute approximate surface area is 86.7 Å². The van der Waals surface area contributed by atoms with E-state index < -0.39 is 5.91 Å². The number of ether oxygens (including phenoxy) is 1. The fourth-order valence-electron chi connectivity index (χ4n) is 1.08. The third-order valence-electron chi connectivity index (χ3n) is 1.85. The van der Waals surface area contributed by atoms with Gasteiger partial charge in [-0.1, -0.05) is 0 Å². The normalized spacial score (nSPS) is 15.1. The number of nitrogens with two attached hydrogens (primary N) is 1. The molecule has 0 saturated carbocycles. The first-order chi connectivity index (χ1) is 7.11. The second-order valence-electron chi connectivity index (χ2n) is 2.99. The van der Waals surface area contributed by atoms with Gasteiger partial charge in [0.05, 0.1) is 19.8 Å². The number of hydrogen-bond acceptors (Lipinski definition) is 4. The Hall–Kier alpha value is -1.69. The van der Waals surface area contributed by atoms with Gasteiger partial charge in [0.15, 0.2) is 0 Å². The predicted molar refractivity (Wildman–Crippen MR) is 50.5 cm³/mol. The first kappa shape index (κ1) is 11.4. The molecule has 1 rings (SSSR count). The quantitative estimate of drug-likeness (QED) is 0.442. The van der Waals surface area contributed by atoms with Crippen molar-refractivity contribution in [3.63, 3.8) is 0 Å². The van der Waals surface area contributed by atoms with E-state index in [1.807, 2.05) is 0 Å². The van der Waals surface area contributed by atoms with Crippen LogP contribution in [0.1, 0.15) is 6.42 Å². The van der Waals surface area contributed by atoms with Gasteiger partial charge in [-0.15, -0.1) is 0 Å². The number of carbonyl (C=O) groups is 3. The maximum absolute atomic E-state index is 11.0. The van der Waals surface area contributed by atoms with Crippen molar-refractivity contribution in [1.29, 1.82) is 0 Å². The topological polar surface area (TPSA) is 89.7 Å². The Morgan fingerprint density at radius 1 is 1.27 bits per heavy atom. The minimum absolute atomic E-state index is 0.139. The van der Waals surface area contributed by atoms with Crippen LogP contribution in [0, 0.1) is 0 Å². The molecule has 0 atom stereocenters. The number of imide groups is 1. The zero-order valence-electron chi connectivity index (χ0n) is 8.14. The largest absolute Gasteiger partial charge is 0.379 e. The number of nitrogens with zero attached hydrogens (tertiary/aromatic N) is 1. The van der Waals surface area contributed by atoms with Gasteiger partial charge in [0.25, 0.3) is 11.8 Å². The molecular weight excluding hydrogens is 200 g/mol. The maximum atomic E-state index is 11.0. The van der Waals surface area contributed by atoms with Crippen LogP contribution in [0.2, 0.25) is 0 Å². The van der Waals surface area contributed by atoms with Crippen LogP contribution in [0.25, 0.3) is 0 Å². The number of primary amides is 1. The molecule has 0 saturated heterocycles. The second-order valence-corrected chi connectivity index (χ2v) is 2.99. The average molecular weight is 212 g/mol. The van der Waals surface area contributed by atoms with E-state index in [0.29, 0.717) is 0 Å². The van der Waals surface area contributed by atoms with E-state index in [0.717, 1.165) is 4.90 Å². The molecule has 6 nitrogen and oxygen atoms in total. The SMILES string of the molecule is NC(=O)CCOCCN1C(=O)C=CC1=O. The molecule has 2 N–H and O–H groups in total. The van der Waals surface area contributed by atoms with Crippen LogP contribution in [-0.4, -0.2) is 42.4 Å². The lowest BCUT2D eigenvalue weighted by molar-refractivity contribution is -0.137. The summed E-state index contributed by atoms with van der Waals surface area (Å²) in [6.45, 7) is 0.620. The molecule has 15 heavy (non-hydrogen) atoms. The Kier molecular flexibility index (Phi) is 3.99. The monoisotopic (exact) mass is 212 g/mol. The van der Waals surface area contributed by atoms with E-state index in [1.165, 1.54) is 12.2 Å². The smallest absolute Gasteiger partial charge is 0.253 e. The van der Waals surface area contributed by atoms with Crippen LogP contribution in [0.5, 0.6) is 0 Å². The molecule has 3 amide bonds. The van der Waals surface area contributed by atoms with Crippen LogP contribution in [-0.2, 0) is 19.1 Å². The van der Waals surface area contributed by atoms with Crippen molar-refractivity contribution in [3.05, 3.63) is 12.2 Å². The van der Waals surface area contributed by atoms with Crippen LogP contribution in [0.15, 0.2) is 12.2 Å². The molecule has 0 aliphatic carbocycles. The van der Waals surface area contributed by atoms with Crippen molar-refractivity contribution in [1.82, 2.24) is 4.90 Å². The first-order valence-corrected chi connectivity index (χ1v) is 4.51. The van der Waals surface area contributed by atoms with Gasteiger partial charge >= 0.3 is 0 Å². The van der Waals surface area contributed by atoms with Crippen molar-refractivity contribution >= 4 is 17.7 Å². The molecule has 0 aromatic rings. The summed E-state index contributed by atoms with van der Waals surface area (Å²) in [7, 11) is 0. The molecule has 0 fully saturated rings. The fourth-order valence-corrected chi connectivity index (χ4v) is 1.08. The van der Waals surface area contributed by atoms with Gasteiger partial charge in [0, 0.05) is 18.6 Å². The van der Waals surface area contributed by atoms with E-state index in [2.05, 4.69) is 0 Å². The summed E-state index contributed by atoms with van der Waals surface area (Å²) in [6, 6.07) is 0. The van der Waals surface area contributed by atoms with Crippen molar-refractivity contribution in [3.8, 4) is 0 Å². The third kappa shape index (κ3) is 3.51. The summed E-state index contributed by atoms with van der Waals surface area (Å²) >= 11 is 0. The molecule has 0 bridgehead atoms. The van der Waals surface area contributed by atoms with Crippen molar-refractivity contribution in [2.24, 2.45) is 5.73 Å². The van der Waals surface area contributed by atoms with Crippen molar-refractivity contribution < 1.29 is 19.1 Å². The zero-order chi connectivity index (χ0) is 11.3. The zero-order valence-corrected chi connectivity index (χ0v) is 8.14. The first-order valence-electron chi connectivity index (χ1n) is 4.51. The number of amides is 3. The van der Waals surface area contributed by atoms with E-state index in [9.17, 15) is 14.4 Å². The van der Waals surface area contributed by atoms with Gasteiger partial charge in [0.2, 0.25) is 5.91 Å². The molecule has 1 aliphatic heterocycles. The third-order valence-corrected chi connectivity index (χ3v) is 1.85. The Bertz CT molecular complexity index is 293. The highest BCUT2D eigenvalue weighted by Crippen LogP contribution is 2.02. The minimum atomic E-state index is -0.440. The molecule has 0 aromatic carbocycles. The highest BCUT2D eigenvalue weighted by molar-refractivity contribution is 6.12. The van der Waals surface area contributed by atoms with Crippen LogP contribution in [0.3, 0.4) is 0 Å². The van der Waals surface area contributed by atoms with Gasteiger partial charge in [-0.25, -0.2) is 0 Å². The minimum Gasteiger partial charge on any atom is -0.379 e. The van der Waals surface area contributed by atoms with Gasteiger partial charge in [-0.05, 0) is 0 Å². The second kappa shape index (κ2) is 5.26. The summed E-state index contributed by atoms with van der Waals surface area (Å²) in [6.07, 6.45) is 2.57. The summed E-state index contributed by atoms with van der Waals surface area (Å²) in [5.41, 5.74) is 4.89. The average Bonchev–Trinajstić information content (AvgIpc) is 2.47. The number of hydrogen-bond donors (Lipinski definition) is 1. The standard InChI is InChI=1S/C9H12N2O4/c10-7(12)3-5-15-6-4-11-8(13)1-2-9(11)14/h1-2H,3-6H2,(H2,10,12). The molecule has 82 valence electrons. The van der Waals surface area contributed by atoms with Gasteiger partial charge in [-0.2, -0.15) is 0 Å². The summed E-state index contributed by atoms with van der Waals surface area (Å²) in [4.78, 5) is 33.5. The summed E-state index contributed by atoms with van der Waals surface area (Å²) in [5.74, 6) is -1.11. The predicted octanol–water partition coefficient (Wildman–Crippen LogP) is -1.20. The van der Waals surface area contributed by atoms with Crippen LogP contribution >= 0.6 is 0 Å². The molecule has 1 aliphatic rings. The molecule has 0 unspecified atom stereocenters. The number of rotatable bonds is 6. The summed E-state index contributed by atoms with van der Waals surface area (Å²) in [5, 5.41) is 0. The van der Waals surface area contributed by atoms with E-state index in [1.54, 1.807) is 0 Å². The molecule has 1 heterocycles. The maximum Gasteiger partial charge on any atom is 0.253 e. The Balaban J connectivity index is 2.13. The van der Waals surface area contributed by atoms with Crippen molar-refractivity contribution in [2.45, 2.75) is 6.42 Å². The van der Waals surface area contributed by atoms with Crippen molar-refractivity contribution in [2.75, 3.05) is 19.8 Å². The van der Waals surface area contributed by atoms with E-state index >= 15 is 0 Å². The lowest BCUT2D eigenvalue weighted by Crippen LogP contribution is -2.33. The Morgan fingerprint density at radius 2 is 1.87 bits per heavy atom. The lowest BCUT2D eigenvalue weighted by atomic mass is 10.4. The molecule has 6 heteroatoms. The molecular formula is C9H12N2O4. The van der Waals surface area contributed by atoms with E-state index in [-0.39, 0.29) is 38.0 Å². The van der Waals surface area contributed by atoms with E-state index in [4.69, 9.17) is 10.5 Å². The molecule has 0 aromatic heterocycles. The van der Waals surface area contributed by atoms with Gasteiger partial charge in [0.1, 0.15) is 0 Å². The van der Waals surface area contributed by atoms with Crippen LogP contribution < -0.4 is 5.73 Å². The lowest BCUT2D eigenvalue weighted by Gasteiger charge is -2.13.